The van der Waals surface area contributed by atoms with E-state index in [1.165, 1.54) is 6.33 Å². The fourth-order valence-corrected chi connectivity index (χ4v) is 2.60. The van der Waals surface area contributed by atoms with E-state index in [2.05, 4.69) is 20.4 Å². The number of aryl methyl sites for hydroxylation is 1. The summed E-state index contributed by atoms with van der Waals surface area (Å²) < 4.78 is 1.64. The zero-order valence-corrected chi connectivity index (χ0v) is 12.2. The Kier molecular flexibility index (Phi) is 3.74. The van der Waals surface area contributed by atoms with Crippen molar-refractivity contribution in [2.75, 3.05) is 0 Å². The highest BCUT2D eigenvalue weighted by Crippen LogP contribution is 2.12. The SMILES string of the molecule is Cc1ncc(CNC(=O)c2ccc(-n3cncn3)cc2)s1. The van der Waals surface area contributed by atoms with Gasteiger partial charge in [0.15, 0.2) is 0 Å². The van der Waals surface area contributed by atoms with E-state index in [-0.39, 0.29) is 5.91 Å². The molecule has 0 bridgehead atoms. The molecule has 2 heterocycles. The number of nitrogens with zero attached hydrogens (tertiary/aromatic N) is 4. The van der Waals surface area contributed by atoms with Crippen molar-refractivity contribution in [3.8, 4) is 5.69 Å². The number of aromatic nitrogens is 4. The van der Waals surface area contributed by atoms with E-state index in [0.717, 1.165) is 15.6 Å². The van der Waals surface area contributed by atoms with Crippen LogP contribution in [-0.2, 0) is 6.54 Å². The first-order valence-electron chi connectivity index (χ1n) is 6.37. The van der Waals surface area contributed by atoms with E-state index in [1.807, 2.05) is 19.1 Å². The van der Waals surface area contributed by atoms with Crippen LogP contribution in [-0.4, -0.2) is 25.7 Å². The lowest BCUT2D eigenvalue weighted by Gasteiger charge is -2.05. The van der Waals surface area contributed by atoms with E-state index in [1.54, 1.807) is 40.7 Å². The van der Waals surface area contributed by atoms with Crippen LogP contribution >= 0.6 is 11.3 Å². The molecule has 106 valence electrons. The van der Waals surface area contributed by atoms with Gasteiger partial charge in [-0.1, -0.05) is 0 Å². The van der Waals surface area contributed by atoms with Crippen LogP contribution in [0, 0.1) is 6.92 Å². The van der Waals surface area contributed by atoms with Crippen LogP contribution in [0.3, 0.4) is 0 Å². The van der Waals surface area contributed by atoms with Crippen molar-refractivity contribution >= 4 is 17.2 Å². The zero-order chi connectivity index (χ0) is 14.7. The second-order valence-electron chi connectivity index (χ2n) is 4.42. The molecule has 2 aromatic heterocycles. The Balaban J connectivity index is 1.65. The minimum atomic E-state index is -0.105. The minimum absolute atomic E-state index is 0.105. The van der Waals surface area contributed by atoms with E-state index in [4.69, 9.17) is 0 Å². The summed E-state index contributed by atoms with van der Waals surface area (Å²) in [4.78, 5) is 21.2. The third-order valence-electron chi connectivity index (χ3n) is 2.91. The number of nitrogens with one attached hydrogen (secondary N) is 1. The second-order valence-corrected chi connectivity index (χ2v) is 5.73. The van der Waals surface area contributed by atoms with Crippen LogP contribution in [0.25, 0.3) is 5.69 Å². The number of carbonyl (C=O) groups is 1. The number of rotatable bonds is 4. The zero-order valence-electron chi connectivity index (χ0n) is 11.4. The fourth-order valence-electron chi connectivity index (χ4n) is 1.86. The van der Waals surface area contributed by atoms with Gasteiger partial charge in [0.05, 0.1) is 17.2 Å². The molecule has 0 saturated carbocycles. The van der Waals surface area contributed by atoms with Gasteiger partial charge in [-0.15, -0.1) is 11.3 Å². The van der Waals surface area contributed by atoms with Crippen molar-refractivity contribution in [2.24, 2.45) is 0 Å². The molecule has 1 N–H and O–H groups in total. The molecular formula is C14H13N5OS. The van der Waals surface area contributed by atoms with Gasteiger partial charge < -0.3 is 5.32 Å². The lowest BCUT2D eigenvalue weighted by molar-refractivity contribution is 0.0951. The summed E-state index contributed by atoms with van der Waals surface area (Å²) in [6.45, 7) is 2.44. The normalized spacial score (nSPS) is 10.5. The van der Waals surface area contributed by atoms with Crippen LogP contribution in [0.1, 0.15) is 20.2 Å². The van der Waals surface area contributed by atoms with E-state index in [0.29, 0.717) is 12.1 Å². The van der Waals surface area contributed by atoms with Gasteiger partial charge in [0, 0.05) is 16.6 Å². The molecule has 3 aromatic rings. The predicted octanol–water partition coefficient (Wildman–Crippen LogP) is 1.96. The molecule has 1 amide bonds. The topological polar surface area (TPSA) is 72.7 Å². The van der Waals surface area contributed by atoms with E-state index in [9.17, 15) is 4.79 Å². The summed E-state index contributed by atoms with van der Waals surface area (Å²) in [5.74, 6) is -0.105. The monoisotopic (exact) mass is 299 g/mol. The Hall–Kier alpha value is -2.54. The number of benzene rings is 1. The third kappa shape index (κ3) is 3.14. The molecule has 0 radical (unpaired) electrons. The highest BCUT2D eigenvalue weighted by atomic mass is 32.1. The van der Waals surface area contributed by atoms with Crippen LogP contribution in [0.2, 0.25) is 0 Å². The van der Waals surface area contributed by atoms with Gasteiger partial charge in [-0.25, -0.2) is 14.6 Å². The minimum Gasteiger partial charge on any atom is -0.347 e. The number of hydrogen-bond acceptors (Lipinski definition) is 5. The smallest absolute Gasteiger partial charge is 0.251 e. The largest absolute Gasteiger partial charge is 0.347 e. The first kappa shape index (κ1) is 13.4. The number of hydrogen-bond donors (Lipinski definition) is 1. The Morgan fingerprint density at radius 3 is 2.76 bits per heavy atom. The Bertz CT molecular complexity index is 733. The van der Waals surface area contributed by atoms with Crippen molar-refractivity contribution < 1.29 is 4.79 Å². The molecular weight excluding hydrogens is 286 g/mol. The van der Waals surface area contributed by atoms with Crippen molar-refractivity contribution in [1.29, 1.82) is 0 Å². The van der Waals surface area contributed by atoms with E-state index < -0.39 is 0 Å². The Labute approximate surface area is 125 Å². The molecule has 0 aliphatic heterocycles. The summed E-state index contributed by atoms with van der Waals surface area (Å²) >= 11 is 1.58. The highest BCUT2D eigenvalue weighted by molar-refractivity contribution is 7.11. The van der Waals surface area contributed by atoms with Gasteiger partial charge in [0.1, 0.15) is 12.7 Å². The van der Waals surface area contributed by atoms with Gasteiger partial charge in [0.2, 0.25) is 0 Å². The van der Waals surface area contributed by atoms with Crippen molar-refractivity contribution in [3.63, 3.8) is 0 Å². The van der Waals surface area contributed by atoms with Crippen LogP contribution in [0.5, 0.6) is 0 Å². The Morgan fingerprint density at radius 2 is 2.14 bits per heavy atom. The van der Waals surface area contributed by atoms with Crippen LogP contribution in [0.4, 0.5) is 0 Å². The van der Waals surface area contributed by atoms with Crippen molar-refractivity contribution in [1.82, 2.24) is 25.1 Å². The number of thiazole rings is 1. The summed E-state index contributed by atoms with van der Waals surface area (Å²) in [7, 11) is 0. The van der Waals surface area contributed by atoms with Gasteiger partial charge in [-0.2, -0.15) is 5.10 Å². The first-order valence-corrected chi connectivity index (χ1v) is 7.18. The average molecular weight is 299 g/mol. The standard InChI is InChI=1S/C14H13N5OS/c1-10-16-6-13(21-10)7-17-14(20)11-2-4-12(5-3-11)19-9-15-8-18-19/h2-6,8-9H,7H2,1H3,(H,17,20). The fraction of sp³-hybridized carbons (Fsp3) is 0.143. The molecule has 3 rings (SSSR count). The summed E-state index contributed by atoms with van der Waals surface area (Å²) in [5.41, 5.74) is 1.47. The summed E-state index contributed by atoms with van der Waals surface area (Å²) in [6, 6.07) is 7.20. The molecule has 6 nitrogen and oxygen atoms in total. The predicted molar refractivity (Wildman–Crippen MR) is 79.4 cm³/mol. The van der Waals surface area contributed by atoms with Crippen LogP contribution < -0.4 is 5.32 Å². The quantitative estimate of drug-likeness (QED) is 0.799. The Morgan fingerprint density at radius 1 is 1.33 bits per heavy atom. The maximum Gasteiger partial charge on any atom is 0.251 e. The summed E-state index contributed by atoms with van der Waals surface area (Å²) in [5, 5.41) is 7.91. The first-order chi connectivity index (χ1) is 10.2. The molecule has 21 heavy (non-hydrogen) atoms. The lowest BCUT2D eigenvalue weighted by atomic mass is 10.2. The van der Waals surface area contributed by atoms with Gasteiger partial charge in [-0.3, -0.25) is 4.79 Å². The maximum atomic E-state index is 12.1. The molecule has 0 fully saturated rings. The van der Waals surface area contributed by atoms with Gasteiger partial charge in [-0.05, 0) is 31.2 Å². The number of amides is 1. The average Bonchev–Trinajstić information content (AvgIpc) is 3.16. The molecule has 0 aliphatic rings. The molecule has 0 unspecified atom stereocenters. The molecule has 7 heteroatoms. The molecule has 0 spiro atoms. The van der Waals surface area contributed by atoms with E-state index >= 15 is 0 Å². The molecule has 0 saturated heterocycles. The molecule has 1 aromatic carbocycles. The van der Waals surface area contributed by atoms with Gasteiger partial charge in [0.25, 0.3) is 5.91 Å². The second kappa shape index (κ2) is 5.84. The molecule has 0 atom stereocenters. The molecule has 0 aliphatic carbocycles. The summed E-state index contributed by atoms with van der Waals surface area (Å²) in [6.07, 6.45) is 4.87. The lowest BCUT2D eigenvalue weighted by Crippen LogP contribution is -2.22. The van der Waals surface area contributed by atoms with Crippen molar-refractivity contribution in [2.45, 2.75) is 13.5 Å². The third-order valence-corrected chi connectivity index (χ3v) is 3.82. The highest BCUT2D eigenvalue weighted by Gasteiger charge is 2.07. The van der Waals surface area contributed by atoms with Gasteiger partial charge >= 0.3 is 0 Å². The van der Waals surface area contributed by atoms with Crippen LogP contribution in [0.15, 0.2) is 43.1 Å². The number of carbonyl (C=O) groups excluding carboxylic acids is 1. The maximum absolute atomic E-state index is 12.1. The van der Waals surface area contributed by atoms with Crippen molar-refractivity contribution in [3.05, 3.63) is 58.6 Å².